The minimum absolute atomic E-state index is 0.107. The van der Waals surface area contributed by atoms with Gasteiger partial charge in [-0.25, -0.2) is 0 Å². The molecular formula is C14H25N3O2. The number of nitrogens with zero attached hydrogens (tertiary/aromatic N) is 1. The van der Waals surface area contributed by atoms with Crippen LogP contribution in [-0.4, -0.2) is 42.4 Å². The number of nitrogens with one attached hydrogen (secondary N) is 1. The summed E-state index contributed by atoms with van der Waals surface area (Å²) in [5.41, 5.74) is 5.72. The molecule has 2 atom stereocenters. The van der Waals surface area contributed by atoms with Crippen molar-refractivity contribution in [3.05, 3.63) is 0 Å². The average Bonchev–Trinajstić information content (AvgIpc) is 2.87. The van der Waals surface area contributed by atoms with Gasteiger partial charge in [0.15, 0.2) is 0 Å². The van der Waals surface area contributed by atoms with E-state index in [4.69, 9.17) is 5.73 Å². The first-order valence-corrected chi connectivity index (χ1v) is 7.37. The van der Waals surface area contributed by atoms with Crippen LogP contribution < -0.4 is 11.1 Å². The first kappa shape index (κ1) is 14.3. The summed E-state index contributed by atoms with van der Waals surface area (Å²) >= 11 is 0. The van der Waals surface area contributed by atoms with E-state index in [2.05, 4.69) is 5.32 Å². The van der Waals surface area contributed by atoms with Crippen LogP contribution in [0.4, 0.5) is 0 Å². The van der Waals surface area contributed by atoms with Crippen molar-refractivity contribution < 1.29 is 9.59 Å². The Bertz CT molecular complexity index is 338. The van der Waals surface area contributed by atoms with Gasteiger partial charge in [-0.15, -0.1) is 0 Å². The fraction of sp³-hybridized carbons (Fsp3) is 0.857. The van der Waals surface area contributed by atoms with Gasteiger partial charge in [0.1, 0.15) is 0 Å². The molecule has 0 aromatic rings. The number of rotatable bonds is 3. The molecule has 0 radical (unpaired) electrons. The van der Waals surface area contributed by atoms with Crippen LogP contribution >= 0.6 is 0 Å². The molecule has 2 unspecified atom stereocenters. The Morgan fingerprint density at radius 2 is 1.89 bits per heavy atom. The van der Waals surface area contributed by atoms with Gasteiger partial charge in [-0.05, 0) is 38.1 Å². The Hall–Kier alpha value is -1.10. The van der Waals surface area contributed by atoms with Gasteiger partial charge in [-0.3, -0.25) is 9.59 Å². The molecule has 1 saturated carbocycles. The van der Waals surface area contributed by atoms with E-state index in [0.717, 1.165) is 45.2 Å². The number of piperidine rings is 1. The molecule has 0 aromatic carbocycles. The first-order chi connectivity index (χ1) is 9.11. The molecule has 2 fully saturated rings. The normalized spacial score (nSPS) is 28.4. The number of amides is 2. The number of carbonyl (C=O) groups excluding carboxylic acids is 2. The van der Waals surface area contributed by atoms with Gasteiger partial charge in [-0.2, -0.15) is 0 Å². The first-order valence-electron chi connectivity index (χ1n) is 7.37. The Kier molecular flexibility index (Phi) is 4.80. The van der Waals surface area contributed by atoms with E-state index in [-0.39, 0.29) is 23.8 Å². The monoisotopic (exact) mass is 267 g/mol. The van der Waals surface area contributed by atoms with Gasteiger partial charge in [0, 0.05) is 32.0 Å². The van der Waals surface area contributed by atoms with E-state index in [1.54, 1.807) is 6.92 Å². The quantitative estimate of drug-likeness (QED) is 0.781. The van der Waals surface area contributed by atoms with Gasteiger partial charge in [-0.1, -0.05) is 6.42 Å². The summed E-state index contributed by atoms with van der Waals surface area (Å²) in [4.78, 5) is 25.3. The van der Waals surface area contributed by atoms with E-state index in [1.807, 2.05) is 4.90 Å². The second-order valence-corrected chi connectivity index (χ2v) is 5.82. The standard InChI is InChI=1S/C14H25N3O2/c1-10(18)17-7-5-12(6-8-17)16-14(19)13-4-2-3-11(13)9-15/h11-13H,2-9,15H2,1H3,(H,16,19). The van der Waals surface area contributed by atoms with Gasteiger partial charge in [0.25, 0.3) is 0 Å². The Labute approximate surface area is 114 Å². The maximum atomic E-state index is 12.3. The number of carbonyl (C=O) groups is 2. The summed E-state index contributed by atoms with van der Waals surface area (Å²) in [6, 6.07) is 0.224. The molecule has 1 saturated heterocycles. The van der Waals surface area contributed by atoms with Crippen LogP contribution in [0.1, 0.15) is 39.0 Å². The Balaban J connectivity index is 1.79. The van der Waals surface area contributed by atoms with Crippen molar-refractivity contribution in [1.82, 2.24) is 10.2 Å². The third-order valence-corrected chi connectivity index (χ3v) is 4.59. The highest BCUT2D eigenvalue weighted by atomic mass is 16.2. The average molecular weight is 267 g/mol. The third-order valence-electron chi connectivity index (χ3n) is 4.59. The van der Waals surface area contributed by atoms with Gasteiger partial charge in [0.2, 0.25) is 11.8 Å². The number of hydrogen-bond donors (Lipinski definition) is 2. The molecule has 3 N–H and O–H groups in total. The molecule has 19 heavy (non-hydrogen) atoms. The summed E-state index contributed by atoms with van der Waals surface area (Å²) in [5, 5.41) is 3.15. The lowest BCUT2D eigenvalue weighted by molar-refractivity contribution is -0.130. The maximum Gasteiger partial charge on any atom is 0.223 e. The molecule has 0 aromatic heterocycles. The fourth-order valence-corrected chi connectivity index (χ4v) is 3.31. The SMILES string of the molecule is CC(=O)N1CCC(NC(=O)C2CCCC2CN)CC1. The van der Waals surface area contributed by atoms with Crippen molar-refractivity contribution in [3.8, 4) is 0 Å². The molecule has 0 spiro atoms. The van der Waals surface area contributed by atoms with Crippen molar-refractivity contribution in [1.29, 1.82) is 0 Å². The molecule has 2 rings (SSSR count). The lowest BCUT2D eigenvalue weighted by Gasteiger charge is -2.32. The van der Waals surface area contributed by atoms with Crippen LogP contribution in [0.2, 0.25) is 0 Å². The van der Waals surface area contributed by atoms with Crippen LogP contribution in [0.25, 0.3) is 0 Å². The largest absolute Gasteiger partial charge is 0.353 e. The van der Waals surface area contributed by atoms with Crippen LogP contribution in [0, 0.1) is 11.8 Å². The minimum atomic E-state index is 0.107. The lowest BCUT2D eigenvalue weighted by Crippen LogP contribution is -2.48. The zero-order chi connectivity index (χ0) is 13.8. The van der Waals surface area contributed by atoms with Crippen molar-refractivity contribution in [2.75, 3.05) is 19.6 Å². The molecular weight excluding hydrogens is 242 g/mol. The predicted octanol–water partition coefficient (Wildman–Crippen LogP) is 0.489. The van der Waals surface area contributed by atoms with Gasteiger partial charge < -0.3 is 16.0 Å². The van der Waals surface area contributed by atoms with Crippen LogP contribution in [0.15, 0.2) is 0 Å². The van der Waals surface area contributed by atoms with Crippen molar-refractivity contribution in [2.24, 2.45) is 17.6 Å². The highest BCUT2D eigenvalue weighted by Gasteiger charge is 2.33. The number of likely N-dealkylation sites (tertiary alicyclic amines) is 1. The van der Waals surface area contributed by atoms with Crippen LogP contribution in [-0.2, 0) is 9.59 Å². The predicted molar refractivity (Wildman–Crippen MR) is 73.3 cm³/mol. The molecule has 5 heteroatoms. The second kappa shape index (κ2) is 6.37. The van der Waals surface area contributed by atoms with E-state index >= 15 is 0 Å². The molecule has 0 bridgehead atoms. The third kappa shape index (κ3) is 3.47. The summed E-state index contributed by atoms with van der Waals surface area (Å²) in [6.07, 6.45) is 4.90. The van der Waals surface area contributed by atoms with Gasteiger partial charge in [0.05, 0.1) is 0 Å². The minimum Gasteiger partial charge on any atom is -0.353 e. The molecule has 2 amide bonds. The maximum absolute atomic E-state index is 12.3. The van der Waals surface area contributed by atoms with Crippen molar-refractivity contribution >= 4 is 11.8 Å². The fourth-order valence-electron chi connectivity index (χ4n) is 3.31. The van der Waals surface area contributed by atoms with E-state index in [9.17, 15) is 9.59 Å². The molecule has 108 valence electrons. The van der Waals surface area contributed by atoms with E-state index in [1.165, 1.54) is 0 Å². The Morgan fingerprint density at radius 3 is 2.47 bits per heavy atom. The van der Waals surface area contributed by atoms with Crippen LogP contribution in [0.5, 0.6) is 0 Å². The highest BCUT2D eigenvalue weighted by molar-refractivity contribution is 5.79. The molecule has 2 aliphatic rings. The summed E-state index contributed by atoms with van der Waals surface area (Å²) in [7, 11) is 0. The van der Waals surface area contributed by atoms with Gasteiger partial charge >= 0.3 is 0 Å². The molecule has 1 aliphatic carbocycles. The highest BCUT2D eigenvalue weighted by Crippen LogP contribution is 2.31. The zero-order valence-corrected chi connectivity index (χ0v) is 11.7. The summed E-state index contributed by atoms with van der Waals surface area (Å²) in [6.45, 7) is 3.72. The topological polar surface area (TPSA) is 75.4 Å². The molecule has 1 heterocycles. The smallest absolute Gasteiger partial charge is 0.223 e. The van der Waals surface area contributed by atoms with E-state index in [0.29, 0.717) is 12.5 Å². The summed E-state index contributed by atoms with van der Waals surface area (Å²) < 4.78 is 0. The lowest BCUT2D eigenvalue weighted by atomic mass is 9.94. The zero-order valence-electron chi connectivity index (χ0n) is 11.7. The molecule has 1 aliphatic heterocycles. The summed E-state index contributed by atoms with van der Waals surface area (Å²) in [5.74, 6) is 0.770. The van der Waals surface area contributed by atoms with Crippen molar-refractivity contribution in [3.63, 3.8) is 0 Å². The van der Waals surface area contributed by atoms with Crippen LogP contribution in [0.3, 0.4) is 0 Å². The second-order valence-electron chi connectivity index (χ2n) is 5.82. The van der Waals surface area contributed by atoms with Crippen molar-refractivity contribution in [2.45, 2.75) is 45.1 Å². The molecule has 5 nitrogen and oxygen atoms in total. The number of hydrogen-bond acceptors (Lipinski definition) is 3. The Morgan fingerprint density at radius 1 is 1.21 bits per heavy atom. The number of nitrogens with two attached hydrogens (primary N) is 1. The van der Waals surface area contributed by atoms with E-state index < -0.39 is 0 Å².